The van der Waals surface area contributed by atoms with E-state index >= 15 is 0 Å². The summed E-state index contributed by atoms with van der Waals surface area (Å²) in [6.07, 6.45) is -1.58. The van der Waals surface area contributed by atoms with Crippen molar-refractivity contribution in [1.82, 2.24) is 0 Å². The first-order chi connectivity index (χ1) is 27.9. The molecular formula is C42H57ClO16. The van der Waals surface area contributed by atoms with Gasteiger partial charge in [-0.25, -0.2) is 4.79 Å². The minimum atomic E-state index is -1.56. The molecule has 328 valence electrons. The zero-order valence-electron chi connectivity index (χ0n) is 34.3. The van der Waals surface area contributed by atoms with E-state index in [1.165, 1.54) is 26.8 Å². The molecule has 0 aromatic rings. The number of alkyl halides is 1. The van der Waals surface area contributed by atoms with Gasteiger partial charge < -0.3 is 52.8 Å². The highest BCUT2D eigenvalue weighted by molar-refractivity contribution is 6.26. The number of carbonyl (C=O) groups is 5. The Hall–Kier alpha value is -2.86. The summed E-state index contributed by atoms with van der Waals surface area (Å²) in [4.78, 5) is 62.5. The summed E-state index contributed by atoms with van der Waals surface area (Å²) >= 11 is 6.09. The lowest BCUT2D eigenvalue weighted by Crippen LogP contribution is -2.78. The number of aliphatic hydroxyl groups is 2. The molecule has 2 spiro atoms. The van der Waals surface area contributed by atoms with Gasteiger partial charge in [-0.15, -0.1) is 11.6 Å². The Bertz CT molecular complexity index is 1750. The van der Waals surface area contributed by atoms with Crippen LogP contribution in [0.2, 0.25) is 0 Å². The number of rotatable bonds is 8. The monoisotopic (exact) mass is 852 g/mol. The summed E-state index contributed by atoms with van der Waals surface area (Å²) in [7, 11) is 0. The van der Waals surface area contributed by atoms with Crippen molar-refractivity contribution in [2.75, 3.05) is 19.1 Å². The number of hydrogen-bond donors (Lipinski definition) is 2. The standard InChI is InChI=1S/C42H57ClO16/c1-21-34(54-22(2)44)35(55-23(3)45)36(56-24(4)46)37(53-21)57-26-15-30-41(20-52-40(59-30)10-6-7-11-40)33-28(8-12-39(41,49)16-26)42(50)13-9-27(25-14-31(47)51-19-25)38(42,5)17-29(33)58-32(48)18-43/h14,21,26-30,33-37,49-50H,6-13,15-20H2,1-5H3/t21-,26-,27+,28+,29+,30+,33+,34-,35+,36+,37-,38+,39-,41+,42-/m0/s1. The molecule has 7 fully saturated rings. The van der Waals surface area contributed by atoms with Gasteiger partial charge in [0.1, 0.15) is 18.6 Å². The van der Waals surface area contributed by atoms with E-state index in [-0.39, 0.29) is 44.8 Å². The third kappa shape index (κ3) is 7.00. The molecule has 0 bridgehead atoms. The van der Waals surface area contributed by atoms with Crippen molar-refractivity contribution in [3.8, 4) is 0 Å². The van der Waals surface area contributed by atoms with E-state index in [1.807, 2.05) is 6.92 Å². The summed E-state index contributed by atoms with van der Waals surface area (Å²) < 4.78 is 55.3. The number of hydrogen-bond acceptors (Lipinski definition) is 16. The van der Waals surface area contributed by atoms with E-state index in [9.17, 15) is 34.2 Å². The van der Waals surface area contributed by atoms with Gasteiger partial charge in [0.15, 0.2) is 30.4 Å². The molecule has 0 aromatic carbocycles. The van der Waals surface area contributed by atoms with Gasteiger partial charge in [0, 0.05) is 63.9 Å². The predicted molar refractivity (Wildman–Crippen MR) is 201 cm³/mol. The smallest absolute Gasteiger partial charge is 0.331 e. The number of carbonyl (C=O) groups excluding carboxylic acids is 5. The van der Waals surface area contributed by atoms with Gasteiger partial charge in [0.25, 0.3) is 0 Å². The van der Waals surface area contributed by atoms with Gasteiger partial charge in [-0.1, -0.05) is 6.92 Å². The van der Waals surface area contributed by atoms with E-state index < -0.39 is 124 Å². The van der Waals surface area contributed by atoms with E-state index in [0.717, 1.165) is 18.4 Å². The quantitative estimate of drug-likeness (QED) is 0.155. The molecule has 5 aliphatic carbocycles. The van der Waals surface area contributed by atoms with Crippen LogP contribution in [0.3, 0.4) is 0 Å². The van der Waals surface area contributed by atoms with Crippen LogP contribution in [0.15, 0.2) is 11.6 Å². The Labute approximate surface area is 348 Å². The van der Waals surface area contributed by atoms with Crippen LogP contribution in [0.25, 0.3) is 0 Å². The van der Waals surface area contributed by atoms with Crippen LogP contribution in [0.4, 0.5) is 0 Å². The molecule has 8 rings (SSSR count). The zero-order valence-corrected chi connectivity index (χ0v) is 35.1. The molecule has 2 saturated heterocycles. The lowest BCUT2D eigenvalue weighted by molar-refractivity contribution is -0.414. The third-order valence-electron chi connectivity index (χ3n) is 15.4. The van der Waals surface area contributed by atoms with Gasteiger partial charge in [0.2, 0.25) is 0 Å². The predicted octanol–water partition coefficient (Wildman–Crippen LogP) is 3.32. The molecule has 0 unspecified atom stereocenters. The van der Waals surface area contributed by atoms with E-state index in [4.69, 9.17) is 54.2 Å². The van der Waals surface area contributed by atoms with Crippen LogP contribution >= 0.6 is 11.6 Å². The Balaban J connectivity index is 1.17. The van der Waals surface area contributed by atoms with Crippen LogP contribution in [-0.4, -0.2) is 125 Å². The second-order valence-corrected chi connectivity index (χ2v) is 18.8. The molecular weight excluding hydrogens is 796 g/mol. The van der Waals surface area contributed by atoms with Gasteiger partial charge in [-0.2, -0.15) is 0 Å². The highest BCUT2D eigenvalue weighted by Gasteiger charge is 2.78. The normalized spacial score (nSPS) is 45.8. The van der Waals surface area contributed by atoms with Crippen molar-refractivity contribution in [2.24, 2.45) is 28.6 Å². The third-order valence-corrected chi connectivity index (χ3v) is 15.6. The van der Waals surface area contributed by atoms with Crippen LogP contribution in [0.5, 0.6) is 0 Å². The fraction of sp³-hybridized carbons (Fsp3) is 0.833. The maximum Gasteiger partial charge on any atom is 0.331 e. The minimum Gasteiger partial charge on any atom is -0.461 e. The lowest BCUT2D eigenvalue weighted by Gasteiger charge is -2.71. The number of esters is 5. The van der Waals surface area contributed by atoms with E-state index in [2.05, 4.69) is 0 Å². The fourth-order valence-electron chi connectivity index (χ4n) is 13.1. The minimum absolute atomic E-state index is 0.0416. The lowest BCUT2D eigenvalue weighted by atomic mass is 9.40. The maximum atomic E-state index is 13.4. The molecule has 5 saturated carbocycles. The van der Waals surface area contributed by atoms with Crippen LogP contribution in [0, 0.1) is 28.6 Å². The number of ether oxygens (including phenoxy) is 9. The molecule has 8 aliphatic rings. The topological polar surface area (TPSA) is 209 Å². The molecule has 59 heavy (non-hydrogen) atoms. The molecule has 16 nitrogen and oxygen atoms in total. The van der Waals surface area contributed by atoms with Gasteiger partial charge >= 0.3 is 29.8 Å². The van der Waals surface area contributed by atoms with Gasteiger partial charge in [-0.05, 0) is 69.3 Å². The van der Waals surface area contributed by atoms with Crippen LogP contribution in [0.1, 0.15) is 105 Å². The van der Waals surface area contributed by atoms with Crippen molar-refractivity contribution in [3.63, 3.8) is 0 Å². The average Bonchev–Trinajstić information content (AvgIpc) is 3.87. The number of halogens is 1. The highest BCUT2D eigenvalue weighted by atomic mass is 35.5. The summed E-state index contributed by atoms with van der Waals surface area (Å²) in [5.41, 5.74) is -4.04. The summed E-state index contributed by atoms with van der Waals surface area (Å²) in [5, 5.41) is 26.5. The first-order valence-corrected chi connectivity index (χ1v) is 21.6. The van der Waals surface area contributed by atoms with Crippen molar-refractivity contribution >= 4 is 41.4 Å². The Morgan fingerprint density at radius 1 is 0.898 bits per heavy atom. The van der Waals surface area contributed by atoms with Crippen LogP contribution in [-0.2, 0) is 66.6 Å². The van der Waals surface area contributed by atoms with E-state index in [1.54, 1.807) is 6.92 Å². The van der Waals surface area contributed by atoms with E-state index in [0.29, 0.717) is 32.1 Å². The Morgan fingerprint density at radius 2 is 1.58 bits per heavy atom. The van der Waals surface area contributed by atoms with Gasteiger partial charge in [0.05, 0.1) is 41.5 Å². The molecule has 3 aliphatic heterocycles. The summed E-state index contributed by atoms with van der Waals surface area (Å²) in [6.45, 7) is 7.43. The molecule has 0 aromatic heterocycles. The highest BCUT2D eigenvalue weighted by Crippen LogP contribution is 2.72. The second kappa shape index (κ2) is 15.5. The number of cyclic esters (lactones) is 1. The maximum absolute atomic E-state index is 13.4. The summed E-state index contributed by atoms with van der Waals surface area (Å²) in [6, 6.07) is 0. The number of fused-ring (bicyclic) bond motifs is 3. The molecule has 17 heteroatoms. The van der Waals surface area contributed by atoms with Crippen LogP contribution < -0.4 is 0 Å². The Morgan fingerprint density at radius 3 is 2.22 bits per heavy atom. The molecule has 15 atom stereocenters. The largest absolute Gasteiger partial charge is 0.461 e. The first-order valence-electron chi connectivity index (χ1n) is 21.1. The molecule has 0 amide bonds. The SMILES string of the molecule is CC(=O)O[C@@H]1[C@@H](OC(C)=O)[C@H](C)O[C@@H](O[C@H]2C[C@H]3OC4(CCCC4)OC[C@]34[C@@H]3[C@@H](CC[C@]4(O)C2)[C@@]2(O)CC[C@H](C4=CC(=O)OC4)[C@@]2(C)C[C@H]3OC(=O)CCl)[C@@H]1OC(C)=O. The Kier molecular flexibility index (Phi) is 11.2. The molecule has 0 radical (unpaired) electrons. The summed E-state index contributed by atoms with van der Waals surface area (Å²) in [5.74, 6) is -5.75. The van der Waals surface area contributed by atoms with Crippen molar-refractivity contribution in [1.29, 1.82) is 0 Å². The second-order valence-electron chi connectivity index (χ2n) is 18.5. The van der Waals surface area contributed by atoms with Crippen molar-refractivity contribution < 1.29 is 76.8 Å². The van der Waals surface area contributed by atoms with Crippen molar-refractivity contribution in [2.45, 2.75) is 171 Å². The zero-order chi connectivity index (χ0) is 42.3. The average molecular weight is 853 g/mol. The molecule has 3 heterocycles. The van der Waals surface area contributed by atoms with Gasteiger partial charge in [-0.3, -0.25) is 19.2 Å². The fourth-order valence-corrected chi connectivity index (χ4v) is 13.2. The molecule has 2 N–H and O–H groups in total. The van der Waals surface area contributed by atoms with Crippen molar-refractivity contribution in [3.05, 3.63) is 11.6 Å². The first kappa shape index (κ1) is 42.8.